The van der Waals surface area contributed by atoms with Crippen LogP contribution in [0.15, 0.2) is 0 Å². The van der Waals surface area contributed by atoms with E-state index in [0.29, 0.717) is 64.1 Å². The summed E-state index contributed by atoms with van der Waals surface area (Å²) in [6.45, 7) is 10.4. The number of morpholine rings is 1. The highest BCUT2D eigenvalue weighted by molar-refractivity contribution is 5.91. The molecule has 1 unspecified atom stereocenters. The van der Waals surface area contributed by atoms with Gasteiger partial charge in [0.25, 0.3) is 5.91 Å². The first-order valence-corrected chi connectivity index (χ1v) is 13.9. The van der Waals surface area contributed by atoms with Crippen LogP contribution in [-0.2, 0) is 33.7 Å². The summed E-state index contributed by atoms with van der Waals surface area (Å²) in [6, 6.07) is -0.0284. The van der Waals surface area contributed by atoms with Crippen molar-refractivity contribution in [2.24, 2.45) is 11.8 Å². The third kappa shape index (κ3) is 6.47. The normalized spacial score (nSPS) is 22.5. The molecule has 9 heteroatoms. The lowest BCUT2D eigenvalue weighted by atomic mass is 9.92. The smallest absolute Gasteiger partial charge is 0.290 e. The van der Waals surface area contributed by atoms with Gasteiger partial charge in [0.15, 0.2) is 5.82 Å². The van der Waals surface area contributed by atoms with E-state index in [1.807, 2.05) is 9.80 Å². The number of piperidine rings is 1. The van der Waals surface area contributed by atoms with Gasteiger partial charge in [0.05, 0.1) is 24.8 Å². The van der Waals surface area contributed by atoms with Crippen molar-refractivity contribution in [1.82, 2.24) is 24.7 Å². The number of hydrogen-bond donors (Lipinski definition) is 1. The third-order valence-corrected chi connectivity index (χ3v) is 7.67. The highest BCUT2D eigenvalue weighted by atomic mass is 16.5. The van der Waals surface area contributed by atoms with Crippen LogP contribution in [0.3, 0.4) is 0 Å². The molecule has 1 aromatic heterocycles. The van der Waals surface area contributed by atoms with E-state index in [9.17, 15) is 9.59 Å². The van der Waals surface area contributed by atoms with E-state index in [1.54, 1.807) is 7.11 Å². The first-order chi connectivity index (χ1) is 17.5. The second kappa shape index (κ2) is 13.0. The molecule has 9 nitrogen and oxygen atoms in total. The van der Waals surface area contributed by atoms with Crippen molar-refractivity contribution >= 4 is 11.8 Å². The molecule has 0 spiro atoms. The molecule has 3 heterocycles. The number of methoxy groups -OCH3 is 1. The zero-order valence-corrected chi connectivity index (χ0v) is 22.5. The number of nitrogens with zero attached hydrogens (tertiary/aromatic N) is 4. The van der Waals surface area contributed by atoms with Gasteiger partial charge in [0.2, 0.25) is 5.91 Å². The van der Waals surface area contributed by atoms with Crippen LogP contribution in [0.4, 0.5) is 0 Å². The molecule has 4 rings (SSSR count). The lowest BCUT2D eigenvalue weighted by molar-refractivity contribution is -0.140. The van der Waals surface area contributed by atoms with Crippen molar-refractivity contribution < 1.29 is 19.1 Å². The van der Waals surface area contributed by atoms with Crippen molar-refractivity contribution in [3.63, 3.8) is 0 Å². The van der Waals surface area contributed by atoms with Crippen LogP contribution in [0.2, 0.25) is 0 Å². The summed E-state index contributed by atoms with van der Waals surface area (Å²) in [6.07, 6.45) is 6.84. The molecule has 36 heavy (non-hydrogen) atoms. The second-order valence-corrected chi connectivity index (χ2v) is 10.9. The average molecular weight is 504 g/mol. The number of ether oxygens (including phenoxy) is 2. The molecular weight excluding hydrogens is 458 g/mol. The monoisotopic (exact) mass is 503 g/mol. The van der Waals surface area contributed by atoms with Crippen LogP contribution >= 0.6 is 0 Å². The zero-order chi connectivity index (χ0) is 25.5. The topological polar surface area (TPSA) is 88.9 Å². The van der Waals surface area contributed by atoms with Crippen LogP contribution in [0.5, 0.6) is 0 Å². The average Bonchev–Trinajstić information content (AvgIpc) is 3.28. The van der Waals surface area contributed by atoms with Crippen molar-refractivity contribution in [1.29, 1.82) is 0 Å². The predicted octanol–water partition coefficient (Wildman–Crippen LogP) is 2.12. The fourth-order valence-corrected chi connectivity index (χ4v) is 5.83. The van der Waals surface area contributed by atoms with Crippen molar-refractivity contribution in [3.05, 3.63) is 17.2 Å². The van der Waals surface area contributed by atoms with Gasteiger partial charge in [-0.25, -0.2) is 4.98 Å². The lowest BCUT2D eigenvalue weighted by Gasteiger charge is -2.40. The van der Waals surface area contributed by atoms with Crippen LogP contribution in [0.1, 0.15) is 68.0 Å². The first-order valence-electron chi connectivity index (χ1n) is 13.9. The quantitative estimate of drug-likeness (QED) is 0.492. The number of unbranched alkanes of at least 4 members (excludes halogenated alkanes) is 1. The minimum Gasteiger partial charge on any atom is -0.385 e. The van der Waals surface area contributed by atoms with Gasteiger partial charge >= 0.3 is 0 Å². The molecule has 3 aliphatic rings. The summed E-state index contributed by atoms with van der Waals surface area (Å²) in [5.41, 5.74) is 2.34. The van der Waals surface area contributed by atoms with Gasteiger partial charge in [-0.2, -0.15) is 0 Å². The van der Waals surface area contributed by atoms with Crippen LogP contribution in [-0.4, -0.2) is 96.9 Å². The molecule has 1 aliphatic carbocycles. The minimum absolute atomic E-state index is 0.0103. The standard InChI is InChI=1S/C27H45N5O4/c1-20(2)19-32(22-16-21(17-28-18-22)26(33)30-11-14-36-15-12-30)27(34)25-29-23-8-4-5-9-24(23)31(25)10-6-7-13-35-3/h20-22,28H,4-19H2,1-3H3/t21-,22?/m1/s1. The molecular formula is C27H45N5O4. The Morgan fingerprint density at radius 2 is 1.94 bits per heavy atom. The Kier molecular flexibility index (Phi) is 9.79. The first kappa shape index (κ1) is 27.1. The molecule has 0 aromatic carbocycles. The molecule has 2 fully saturated rings. The number of amides is 2. The number of hydrogen-bond acceptors (Lipinski definition) is 6. The maximum absolute atomic E-state index is 14.2. The fraction of sp³-hybridized carbons (Fsp3) is 0.815. The number of nitrogens with one attached hydrogen (secondary N) is 1. The SMILES string of the molecule is COCCCCn1c(C(=O)N(CC(C)C)C2CNC[C@H](C(=O)N3CCOCC3)C2)nc2c1CCCC2. The Balaban J connectivity index is 1.54. The third-order valence-electron chi connectivity index (χ3n) is 7.67. The maximum Gasteiger partial charge on any atom is 0.290 e. The molecule has 202 valence electrons. The van der Waals surface area contributed by atoms with Crippen molar-refractivity contribution in [2.45, 2.75) is 71.4 Å². The molecule has 2 atom stereocenters. The Hall–Kier alpha value is -1.97. The van der Waals surface area contributed by atoms with E-state index in [1.165, 1.54) is 5.69 Å². The number of carbonyl (C=O) groups excluding carboxylic acids is 2. The molecule has 0 bridgehead atoms. The van der Waals surface area contributed by atoms with Crippen molar-refractivity contribution in [2.75, 3.05) is 59.7 Å². The molecule has 1 N–H and O–H groups in total. The van der Waals surface area contributed by atoms with Crippen LogP contribution in [0.25, 0.3) is 0 Å². The van der Waals surface area contributed by atoms with Gasteiger partial charge in [-0.15, -0.1) is 0 Å². The number of aryl methyl sites for hydroxylation is 1. The Bertz CT molecular complexity index is 880. The Morgan fingerprint density at radius 3 is 2.69 bits per heavy atom. The highest BCUT2D eigenvalue weighted by Gasteiger charge is 2.37. The molecule has 2 saturated heterocycles. The van der Waals surface area contributed by atoms with Gasteiger partial charge in [-0.3, -0.25) is 9.59 Å². The Morgan fingerprint density at radius 1 is 1.17 bits per heavy atom. The number of imidazole rings is 1. The van der Waals surface area contributed by atoms with Gasteiger partial charge in [0, 0.05) is 64.7 Å². The van der Waals surface area contributed by atoms with Gasteiger partial charge in [-0.1, -0.05) is 13.8 Å². The molecule has 2 aliphatic heterocycles. The molecule has 2 amide bonds. The largest absolute Gasteiger partial charge is 0.385 e. The lowest BCUT2D eigenvalue weighted by Crippen LogP contribution is -2.56. The highest BCUT2D eigenvalue weighted by Crippen LogP contribution is 2.26. The summed E-state index contributed by atoms with van der Waals surface area (Å²) in [5, 5.41) is 3.46. The van der Waals surface area contributed by atoms with E-state index in [2.05, 4.69) is 23.7 Å². The van der Waals surface area contributed by atoms with E-state index < -0.39 is 0 Å². The van der Waals surface area contributed by atoms with Gasteiger partial charge in [0.1, 0.15) is 0 Å². The Labute approximate surface area is 215 Å². The number of carbonyl (C=O) groups is 2. The van der Waals surface area contributed by atoms with Gasteiger partial charge in [-0.05, 0) is 50.9 Å². The maximum atomic E-state index is 14.2. The number of aromatic nitrogens is 2. The van der Waals surface area contributed by atoms with Crippen LogP contribution < -0.4 is 5.32 Å². The molecule has 1 aromatic rings. The fourth-order valence-electron chi connectivity index (χ4n) is 5.83. The molecule has 0 radical (unpaired) electrons. The number of rotatable bonds is 10. The van der Waals surface area contributed by atoms with Gasteiger partial charge < -0.3 is 29.2 Å². The van der Waals surface area contributed by atoms with E-state index >= 15 is 0 Å². The summed E-state index contributed by atoms with van der Waals surface area (Å²) >= 11 is 0. The summed E-state index contributed by atoms with van der Waals surface area (Å²) in [7, 11) is 1.73. The van der Waals surface area contributed by atoms with Crippen molar-refractivity contribution in [3.8, 4) is 0 Å². The predicted molar refractivity (Wildman–Crippen MR) is 138 cm³/mol. The number of fused-ring (bicyclic) bond motifs is 1. The van der Waals surface area contributed by atoms with E-state index in [-0.39, 0.29) is 23.8 Å². The summed E-state index contributed by atoms with van der Waals surface area (Å²) < 4.78 is 12.9. The van der Waals surface area contributed by atoms with E-state index in [4.69, 9.17) is 14.5 Å². The molecule has 0 saturated carbocycles. The summed E-state index contributed by atoms with van der Waals surface area (Å²) in [4.78, 5) is 36.3. The van der Waals surface area contributed by atoms with Crippen LogP contribution in [0, 0.1) is 11.8 Å². The second-order valence-electron chi connectivity index (χ2n) is 10.9. The zero-order valence-electron chi connectivity index (χ0n) is 22.5. The summed E-state index contributed by atoms with van der Waals surface area (Å²) in [5.74, 6) is 0.982. The van der Waals surface area contributed by atoms with E-state index in [0.717, 1.165) is 57.4 Å². The minimum atomic E-state index is -0.119.